The molecule has 1 saturated carbocycles. The SMILES string of the molecule is O=C(CCCc1nc2ccccc2s1)NC1(C(=O)O)CCC1. The molecule has 1 heterocycles. The number of para-hydroxylation sites is 1. The minimum absolute atomic E-state index is 0.178. The number of hydrogen-bond acceptors (Lipinski definition) is 4. The number of amides is 1. The van der Waals surface area contributed by atoms with E-state index >= 15 is 0 Å². The molecule has 2 N–H and O–H groups in total. The van der Waals surface area contributed by atoms with Gasteiger partial charge < -0.3 is 10.4 Å². The second-order valence-corrected chi connectivity index (χ2v) is 6.83. The highest BCUT2D eigenvalue weighted by Crippen LogP contribution is 2.32. The average molecular weight is 318 g/mol. The zero-order valence-corrected chi connectivity index (χ0v) is 13.0. The molecule has 116 valence electrons. The van der Waals surface area contributed by atoms with Gasteiger partial charge in [0.05, 0.1) is 15.2 Å². The highest BCUT2D eigenvalue weighted by molar-refractivity contribution is 7.18. The van der Waals surface area contributed by atoms with Crippen molar-refractivity contribution < 1.29 is 14.7 Å². The second kappa shape index (κ2) is 6.04. The van der Waals surface area contributed by atoms with Gasteiger partial charge in [-0.3, -0.25) is 4.79 Å². The quantitative estimate of drug-likeness (QED) is 0.858. The molecule has 22 heavy (non-hydrogen) atoms. The molecule has 0 bridgehead atoms. The molecule has 0 saturated heterocycles. The number of thiazole rings is 1. The second-order valence-electron chi connectivity index (χ2n) is 5.72. The van der Waals surface area contributed by atoms with Crippen molar-refractivity contribution in [2.75, 3.05) is 0 Å². The fourth-order valence-corrected chi connectivity index (χ4v) is 3.69. The summed E-state index contributed by atoms with van der Waals surface area (Å²) in [4.78, 5) is 27.7. The van der Waals surface area contributed by atoms with Crippen LogP contribution in [-0.2, 0) is 16.0 Å². The fourth-order valence-electron chi connectivity index (χ4n) is 2.68. The summed E-state index contributed by atoms with van der Waals surface area (Å²) in [5, 5.41) is 12.9. The summed E-state index contributed by atoms with van der Waals surface area (Å²) in [6.45, 7) is 0. The summed E-state index contributed by atoms with van der Waals surface area (Å²) >= 11 is 1.65. The lowest BCUT2D eigenvalue weighted by atomic mass is 9.76. The molecule has 0 atom stereocenters. The number of hydrogen-bond donors (Lipinski definition) is 2. The molecule has 0 spiro atoms. The van der Waals surface area contributed by atoms with Crippen molar-refractivity contribution in [3.63, 3.8) is 0 Å². The van der Waals surface area contributed by atoms with E-state index in [0.29, 0.717) is 25.7 Å². The number of carboxylic acid groups (broad SMARTS) is 1. The fraction of sp³-hybridized carbons (Fsp3) is 0.438. The first-order valence-electron chi connectivity index (χ1n) is 7.48. The van der Waals surface area contributed by atoms with E-state index in [2.05, 4.69) is 10.3 Å². The van der Waals surface area contributed by atoms with Gasteiger partial charge in [-0.2, -0.15) is 0 Å². The van der Waals surface area contributed by atoms with Crippen LogP contribution in [0, 0.1) is 0 Å². The Morgan fingerprint density at radius 3 is 2.73 bits per heavy atom. The molecule has 1 aliphatic rings. The number of aromatic nitrogens is 1. The topological polar surface area (TPSA) is 79.3 Å². The smallest absolute Gasteiger partial charge is 0.329 e. The zero-order valence-electron chi connectivity index (χ0n) is 12.2. The molecule has 0 aliphatic heterocycles. The number of rotatable bonds is 6. The maximum atomic E-state index is 11.9. The molecule has 6 heteroatoms. The van der Waals surface area contributed by atoms with Crippen molar-refractivity contribution in [2.45, 2.75) is 44.1 Å². The van der Waals surface area contributed by atoms with E-state index in [4.69, 9.17) is 0 Å². The highest BCUT2D eigenvalue weighted by Gasteiger charge is 2.45. The Kier molecular flexibility index (Phi) is 4.11. The first-order chi connectivity index (χ1) is 10.6. The normalized spacial score (nSPS) is 16.2. The largest absolute Gasteiger partial charge is 0.480 e. The van der Waals surface area contributed by atoms with Crippen LogP contribution < -0.4 is 5.32 Å². The van der Waals surface area contributed by atoms with Gasteiger partial charge in [0.2, 0.25) is 5.91 Å². The van der Waals surface area contributed by atoms with Crippen molar-refractivity contribution in [3.8, 4) is 0 Å². The Hall–Kier alpha value is -1.95. The van der Waals surface area contributed by atoms with Crippen LogP contribution in [0.1, 0.15) is 37.1 Å². The van der Waals surface area contributed by atoms with Crippen LogP contribution in [0.25, 0.3) is 10.2 Å². The van der Waals surface area contributed by atoms with E-state index in [1.807, 2.05) is 24.3 Å². The van der Waals surface area contributed by atoms with Crippen LogP contribution >= 0.6 is 11.3 Å². The summed E-state index contributed by atoms with van der Waals surface area (Å²) in [7, 11) is 0. The molecule has 1 aromatic heterocycles. The third-order valence-corrected chi connectivity index (χ3v) is 5.22. The van der Waals surface area contributed by atoms with Crippen molar-refractivity contribution in [1.29, 1.82) is 0 Å². The van der Waals surface area contributed by atoms with Crippen molar-refractivity contribution in [1.82, 2.24) is 10.3 Å². The predicted molar refractivity (Wildman–Crippen MR) is 84.9 cm³/mol. The Morgan fingerprint density at radius 1 is 1.32 bits per heavy atom. The number of aryl methyl sites for hydroxylation is 1. The molecule has 1 amide bonds. The average Bonchev–Trinajstić information content (AvgIpc) is 2.85. The Balaban J connectivity index is 1.50. The van der Waals surface area contributed by atoms with Crippen LogP contribution in [-0.4, -0.2) is 27.5 Å². The summed E-state index contributed by atoms with van der Waals surface area (Å²) < 4.78 is 1.15. The summed E-state index contributed by atoms with van der Waals surface area (Å²) in [6, 6.07) is 7.97. The molecule has 0 radical (unpaired) electrons. The molecular formula is C16H18N2O3S. The summed E-state index contributed by atoms with van der Waals surface area (Å²) in [5.74, 6) is -1.10. The minimum Gasteiger partial charge on any atom is -0.480 e. The number of carbonyl (C=O) groups is 2. The molecule has 5 nitrogen and oxygen atoms in total. The highest BCUT2D eigenvalue weighted by atomic mass is 32.1. The van der Waals surface area contributed by atoms with E-state index < -0.39 is 11.5 Å². The monoisotopic (exact) mass is 318 g/mol. The van der Waals surface area contributed by atoms with Crippen molar-refractivity contribution in [3.05, 3.63) is 29.3 Å². The molecule has 1 aliphatic carbocycles. The molecule has 3 rings (SSSR count). The lowest BCUT2D eigenvalue weighted by Gasteiger charge is -2.38. The molecule has 2 aromatic rings. The third-order valence-electron chi connectivity index (χ3n) is 4.13. The lowest BCUT2D eigenvalue weighted by molar-refractivity contribution is -0.151. The van der Waals surface area contributed by atoms with Gasteiger partial charge in [-0.15, -0.1) is 11.3 Å². The van der Waals surface area contributed by atoms with Crippen LogP contribution in [0.2, 0.25) is 0 Å². The maximum absolute atomic E-state index is 11.9. The Labute approximate surface area is 132 Å². The number of nitrogens with one attached hydrogen (secondary N) is 1. The summed E-state index contributed by atoms with van der Waals surface area (Å²) in [6.07, 6.45) is 3.69. The standard InChI is InChI=1S/C16H18N2O3S/c19-13(18-16(15(20)21)9-4-10-16)7-3-8-14-17-11-5-1-2-6-12(11)22-14/h1-2,5-6H,3-4,7-10H2,(H,18,19)(H,20,21). The number of carbonyl (C=O) groups excluding carboxylic acids is 1. The van der Waals surface area contributed by atoms with Gasteiger partial charge in [0, 0.05) is 6.42 Å². The van der Waals surface area contributed by atoms with E-state index in [1.165, 1.54) is 0 Å². The number of benzene rings is 1. The summed E-state index contributed by atoms with van der Waals surface area (Å²) in [5.41, 5.74) is -0.0151. The van der Waals surface area contributed by atoms with Gasteiger partial charge in [0.15, 0.2) is 0 Å². The van der Waals surface area contributed by atoms with E-state index in [0.717, 1.165) is 28.1 Å². The molecular weight excluding hydrogens is 300 g/mol. The number of nitrogens with zero attached hydrogens (tertiary/aromatic N) is 1. The van der Waals surface area contributed by atoms with Gasteiger partial charge in [-0.25, -0.2) is 9.78 Å². The zero-order chi connectivity index (χ0) is 15.6. The number of aliphatic carboxylic acids is 1. The minimum atomic E-state index is -1.01. The van der Waals surface area contributed by atoms with Gasteiger partial charge in [-0.1, -0.05) is 12.1 Å². The maximum Gasteiger partial charge on any atom is 0.329 e. The van der Waals surface area contributed by atoms with E-state index in [9.17, 15) is 14.7 Å². The lowest BCUT2D eigenvalue weighted by Crippen LogP contribution is -2.59. The Bertz CT molecular complexity index is 673. The van der Waals surface area contributed by atoms with E-state index in [-0.39, 0.29) is 5.91 Å². The van der Waals surface area contributed by atoms with Crippen LogP contribution in [0.15, 0.2) is 24.3 Å². The number of carboxylic acids is 1. The van der Waals surface area contributed by atoms with Crippen LogP contribution in [0.3, 0.4) is 0 Å². The third kappa shape index (κ3) is 2.97. The van der Waals surface area contributed by atoms with Crippen molar-refractivity contribution >= 4 is 33.4 Å². The van der Waals surface area contributed by atoms with Crippen molar-refractivity contribution in [2.24, 2.45) is 0 Å². The molecule has 1 aromatic carbocycles. The first-order valence-corrected chi connectivity index (χ1v) is 8.30. The van der Waals surface area contributed by atoms with Crippen LogP contribution in [0.5, 0.6) is 0 Å². The molecule has 0 unspecified atom stereocenters. The van der Waals surface area contributed by atoms with Gasteiger partial charge in [0.1, 0.15) is 5.54 Å². The predicted octanol–water partition coefficient (Wildman–Crippen LogP) is 2.74. The van der Waals surface area contributed by atoms with Crippen LogP contribution in [0.4, 0.5) is 0 Å². The first kappa shape index (κ1) is 15.0. The Morgan fingerprint density at radius 2 is 2.09 bits per heavy atom. The van der Waals surface area contributed by atoms with Gasteiger partial charge in [0.25, 0.3) is 0 Å². The molecule has 1 fully saturated rings. The van der Waals surface area contributed by atoms with Gasteiger partial charge >= 0.3 is 5.97 Å². The van der Waals surface area contributed by atoms with Gasteiger partial charge in [-0.05, 0) is 44.2 Å². The van der Waals surface area contributed by atoms with E-state index in [1.54, 1.807) is 11.3 Å². The number of fused-ring (bicyclic) bond motifs is 1.